The number of isocyanates is 2. The molecule has 1 amide bonds. The molecule has 0 saturated carbocycles. The number of amides is 1. The molecule has 0 bridgehead atoms. The van der Waals surface area contributed by atoms with Crippen LogP contribution in [0.2, 0.25) is 0 Å². The number of carbonyl (C=O) groups excluding carboxylic acids is 3. The van der Waals surface area contributed by atoms with Crippen LogP contribution in [0.3, 0.4) is 0 Å². The number of aryl methyl sites for hydroxylation is 1. The molecule has 9 nitrogen and oxygen atoms in total. The van der Waals surface area contributed by atoms with E-state index in [2.05, 4.69) is 36.1 Å². The van der Waals surface area contributed by atoms with Crippen LogP contribution in [0.1, 0.15) is 5.56 Å². The SMILES string of the molecule is C=CC(=O)OC.Cc1ccccc1.N=C=O.N=C=O.NC(=O)O. The van der Waals surface area contributed by atoms with E-state index in [-0.39, 0.29) is 0 Å². The van der Waals surface area contributed by atoms with Gasteiger partial charge in [-0.2, -0.15) is 0 Å². The van der Waals surface area contributed by atoms with Crippen LogP contribution in [0.25, 0.3) is 0 Å². The predicted octanol–water partition coefficient (Wildman–Crippen LogP) is 1.77. The number of rotatable bonds is 1. The van der Waals surface area contributed by atoms with Gasteiger partial charge in [0.25, 0.3) is 0 Å². The molecule has 0 atom stereocenters. The Morgan fingerprint density at radius 1 is 1.22 bits per heavy atom. The fourth-order valence-electron chi connectivity index (χ4n) is 0.618. The van der Waals surface area contributed by atoms with E-state index in [0.29, 0.717) is 0 Å². The number of carbonyl (C=O) groups is 2. The Bertz CT molecular complexity index is 474. The van der Waals surface area contributed by atoms with Crippen LogP contribution in [0, 0.1) is 17.7 Å². The topological polar surface area (TPSA) is 171 Å². The number of carboxylic acid groups (broad SMARTS) is 1. The lowest BCUT2D eigenvalue weighted by molar-refractivity contribution is -0.134. The second kappa shape index (κ2) is 26.9. The molecule has 0 heterocycles. The van der Waals surface area contributed by atoms with Crippen molar-refractivity contribution >= 4 is 24.2 Å². The second-order valence-electron chi connectivity index (χ2n) is 2.92. The molecule has 0 unspecified atom stereocenters. The standard InChI is InChI=1S/C7H8.C4H6O2.CH3NO2.2CHNO/c1-7-5-3-2-4-6-7;1-3-4(5)6-2;2-1(3)4;2*2-1-3/h2-6H,1H3;3H,1H2,2H3;2H2,(H,3,4);2*2H. The minimum atomic E-state index is -1.33. The molecule has 0 saturated heterocycles. The van der Waals surface area contributed by atoms with Gasteiger partial charge in [-0.3, -0.25) is 0 Å². The van der Waals surface area contributed by atoms with Crippen molar-refractivity contribution < 1.29 is 29.0 Å². The molecule has 1 aromatic rings. The molecule has 0 radical (unpaired) electrons. The van der Waals surface area contributed by atoms with E-state index < -0.39 is 12.1 Å². The van der Waals surface area contributed by atoms with Gasteiger partial charge in [0.1, 0.15) is 0 Å². The maximum atomic E-state index is 9.84. The van der Waals surface area contributed by atoms with Gasteiger partial charge in [0.15, 0.2) is 0 Å². The first kappa shape index (κ1) is 27.7. The molecule has 0 aliphatic rings. The number of nitrogens with two attached hydrogens (primary N) is 1. The highest BCUT2D eigenvalue weighted by Gasteiger charge is 1.81. The maximum absolute atomic E-state index is 9.84. The van der Waals surface area contributed by atoms with Crippen molar-refractivity contribution in [2.45, 2.75) is 6.92 Å². The lowest BCUT2D eigenvalue weighted by Gasteiger charge is -1.83. The lowest BCUT2D eigenvalue weighted by Crippen LogP contribution is -2.03. The van der Waals surface area contributed by atoms with Gasteiger partial charge in [-0.1, -0.05) is 42.5 Å². The summed E-state index contributed by atoms with van der Waals surface area (Å²) in [5.74, 6) is -0.394. The largest absolute Gasteiger partial charge is 0.466 e. The molecule has 0 aliphatic carbocycles. The summed E-state index contributed by atoms with van der Waals surface area (Å²) in [6.45, 7) is 5.24. The summed E-state index contributed by atoms with van der Waals surface area (Å²) in [5.41, 5.74) is 5.35. The third kappa shape index (κ3) is 69.9. The van der Waals surface area contributed by atoms with E-state index in [0.717, 1.165) is 18.2 Å². The molecule has 23 heavy (non-hydrogen) atoms. The van der Waals surface area contributed by atoms with Crippen molar-refractivity contribution in [2.75, 3.05) is 7.11 Å². The third-order valence-electron chi connectivity index (χ3n) is 1.31. The summed E-state index contributed by atoms with van der Waals surface area (Å²) in [4.78, 5) is 35.3. The number of ether oxygens (including phenoxy) is 1. The van der Waals surface area contributed by atoms with Crippen molar-refractivity contribution in [3.05, 3.63) is 48.6 Å². The summed E-state index contributed by atoms with van der Waals surface area (Å²) in [6, 6.07) is 10.3. The van der Waals surface area contributed by atoms with E-state index in [4.69, 9.17) is 30.3 Å². The number of nitrogens with one attached hydrogen (secondary N) is 2. The highest BCUT2D eigenvalue weighted by Crippen LogP contribution is 1.92. The Hall–Kier alpha value is -3.54. The molecule has 0 aliphatic heterocycles. The van der Waals surface area contributed by atoms with E-state index in [1.54, 1.807) is 0 Å². The number of benzene rings is 1. The number of methoxy groups -OCH3 is 1. The Morgan fingerprint density at radius 3 is 1.61 bits per heavy atom. The summed E-state index contributed by atoms with van der Waals surface area (Å²) in [7, 11) is 1.31. The lowest BCUT2D eigenvalue weighted by atomic mass is 10.2. The van der Waals surface area contributed by atoms with Crippen LogP contribution in [-0.4, -0.2) is 36.4 Å². The molecule has 0 aromatic heterocycles. The molecule has 0 fully saturated rings. The fraction of sp³-hybridized carbons (Fsp3) is 0.143. The normalized spacial score (nSPS) is 6.17. The van der Waals surface area contributed by atoms with Gasteiger partial charge in [0.2, 0.25) is 12.2 Å². The highest BCUT2D eigenvalue weighted by molar-refractivity contribution is 5.80. The molecule has 126 valence electrons. The van der Waals surface area contributed by atoms with Gasteiger partial charge in [0.05, 0.1) is 7.11 Å². The number of hydrogen-bond donors (Lipinski definition) is 4. The second-order valence-corrected chi connectivity index (χ2v) is 2.92. The van der Waals surface area contributed by atoms with Crippen LogP contribution in [0.15, 0.2) is 43.0 Å². The molecule has 5 N–H and O–H groups in total. The van der Waals surface area contributed by atoms with Crippen molar-refractivity contribution in [2.24, 2.45) is 5.73 Å². The van der Waals surface area contributed by atoms with Gasteiger partial charge < -0.3 is 15.6 Å². The van der Waals surface area contributed by atoms with Gasteiger partial charge in [0, 0.05) is 6.08 Å². The van der Waals surface area contributed by atoms with Crippen LogP contribution < -0.4 is 5.73 Å². The van der Waals surface area contributed by atoms with Crippen LogP contribution in [-0.2, 0) is 19.1 Å². The third-order valence-corrected chi connectivity index (χ3v) is 1.31. The predicted molar refractivity (Wildman–Crippen MR) is 82.4 cm³/mol. The number of hydrogen-bond acceptors (Lipinski definition) is 7. The zero-order valence-corrected chi connectivity index (χ0v) is 12.7. The molecule has 0 spiro atoms. The van der Waals surface area contributed by atoms with Gasteiger partial charge in [-0.05, 0) is 6.92 Å². The average molecular weight is 325 g/mol. The molecule has 1 rings (SSSR count). The molecular weight excluding hydrogens is 306 g/mol. The first-order chi connectivity index (χ1) is 10.8. The zero-order valence-electron chi connectivity index (χ0n) is 12.7. The van der Waals surface area contributed by atoms with Crippen molar-refractivity contribution in [3.8, 4) is 0 Å². The number of esters is 1. The zero-order chi connectivity index (χ0) is 19.1. The van der Waals surface area contributed by atoms with Crippen molar-refractivity contribution in [1.29, 1.82) is 10.8 Å². The smallest absolute Gasteiger partial charge is 0.402 e. The first-order valence-electron chi connectivity index (χ1n) is 5.55. The Labute approximate surface area is 133 Å². The van der Waals surface area contributed by atoms with Crippen molar-refractivity contribution in [3.63, 3.8) is 0 Å². The first-order valence-corrected chi connectivity index (χ1v) is 5.55. The average Bonchev–Trinajstić information content (AvgIpc) is 2.49. The number of primary amides is 1. The van der Waals surface area contributed by atoms with Crippen LogP contribution in [0.5, 0.6) is 0 Å². The van der Waals surface area contributed by atoms with E-state index >= 15 is 0 Å². The van der Waals surface area contributed by atoms with Gasteiger partial charge in [-0.25, -0.2) is 30.0 Å². The summed E-state index contributed by atoms with van der Waals surface area (Å²) < 4.78 is 4.14. The van der Waals surface area contributed by atoms with Crippen molar-refractivity contribution in [1.82, 2.24) is 0 Å². The van der Waals surface area contributed by atoms with E-state index in [1.165, 1.54) is 12.7 Å². The minimum Gasteiger partial charge on any atom is -0.466 e. The molecule has 1 aromatic carbocycles. The minimum absolute atomic E-state index is 0.394. The summed E-state index contributed by atoms with van der Waals surface area (Å²) in [5, 5.41) is 18.0. The summed E-state index contributed by atoms with van der Waals surface area (Å²) >= 11 is 0. The monoisotopic (exact) mass is 325 g/mol. The van der Waals surface area contributed by atoms with Crippen LogP contribution >= 0.6 is 0 Å². The Morgan fingerprint density at radius 2 is 1.52 bits per heavy atom. The summed E-state index contributed by atoms with van der Waals surface area (Å²) in [6.07, 6.45) is 1.28. The van der Waals surface area contributed by atoms with Gasteiger partial charge >= 0.3 is 12.1 Å². The van der Waals surface area contributed by atoms with E-state index in [1.807, 2.05) is 18.2 Å². The highest BCUT2D eigenvalue weighted by atomic mass is 16.5. The molecule has 9 heteroatoms. The molecular formula is C14H19N3O6. The van der Waals surface area contributed by atoms with Gasteiger partial charge in [-0.15, -0.1) is 0 Å². The fourth-order valence-corrected chi connectivity index (χ4v) is 0.618. The maximum Gasteiger partial charge on any atom is 0.402 e. The van der Waals surface area contributed by atoms with Crippen LogP contribution in [0.4, 0.5) is 4.79 Å². The Kier molecular flexibility index (Phi) is 32.5. The Balaban J connectivity index is -0.000000104. The van der Waals surface area contributed by atoms with E-state index in [9.17, 15) is 4.79 Å². The quantitative estimate of drug-likeness (QED) is 0.265.